The van der Waals surface area contributed by atoms with E-state index in [2.05, 4.69) is 6.92 Å². The molecule has 0 amide bonds. The largest absolute Gasteiger partial charge is 0.348 e. The van der Waals surface area contributed by atoms with Crippen LogP contribution in [0, 0.1) is 5.92 Å². The summed E-state index contributed by atoms with van der Waals surface area (Å²) in [6.45, 7) is 10.3. The Bertz CT molecular complexity index is 340. The zero-order valence-corrected chi connectivity index (χ0v) is 11.6. The number of hydrogen-bond donors (Lipinski definition) is 0. The van der Waals surface area contributed by atoms with Gasteiger partial charge in [-0.3, -0.25) is 0 Å². The minimum Gasteiger partial charge on any atom is -0.348 e. The van der Waals surface area contributed by atoms with Gasteiger partial charge in [-0.25, -0.2) is 0 Å². The van der Waals surface area contributed by atoms with Crippen molar-refractivity contribution in [2.75, 3.05) is 6.61 Å². The van der Waals surface area contributed by atoms with Crippen LogP contribution >= 0.6 is 0 Å². The molecule has 5 heteroatoms. The molecule has 0 radical (unpaired) electrons. The van der Waals surface area contributed by atoms with E-state index in [0.29, 0.717) is 6.61 Å². The highest BCUT2D eigenvalue weighted by atomic mass is 16.8. The van der Waals surface area contributed by atoms with Gasteiger partial charge in [-0.05, 0) is 27.7 Å². The van der Waals surface area contributed by atoms with E-state index in [9.17, 15) is 0 Å². The summed E-state index contributed by atoms with van der Waals surface area (Å²) in [5.41, 5.74) is 0. The highest BCUT2D eigenvalue weighted by Crippen LogP contribution is 2.43. The minimum atomic E-state index is -0.555. The molecule has 3 aliphatic rings. The van der Waals surface area contributed by atoms with Gasteiger partial charge in [0.1, 0.15) is 12.2 Å². The predicted octanol–water partition coefficient (Wildman–Crippen LogP) is 1.65. The summed E-state index contributed by atoms with van der Waals surface area (Å²) in [6, 6.07) is 0. The van der Waals surface area contributed by atoms with Crippen LogP contribution in [-0.2, 0) is 23.7 Å². The first kappa shape index (κ1) is 12.8. The van der Waals surface area contributed by atoms with Gasteiger partial charge < -0.3 is 23.7 Å². The second kappa shape index (κ2) is 3.90. The van der Waals surface area contributed by atoms with E-state index < -0.39 is 11.6 Å². The fourth-order valence-electron chi connectivity index (χ4n) is 2.99. The third kappa shape index (κ3) is 2.08. The third-order valence-corrected chi connectivity index (χ3v) is 3.81. The summed E-state index contributed by atoms with van der Waals surface area (Å²) in [5, 5.41) is 0. The first-order valence-electron chi connectivity index (χ1n) is 6.60. The molecule has 5 atom stereocenters. The SMILES string of the molecule is C[C@H]1[C@H]([C@H]2COC(C)(C)O2)O[C@@H]2OC(C)(C)O[C@@H]21. The average molecular weight is 258 g/mol. The van der Waals surface area contributed by atoms with Crippen LogP contribution in [0.4, 0.5) is 0 Å². The smallest absolute Gasteiger partial charge is 0.187 e. The number of rotatable bonds is 1. The molecule has 18 heavy (non-hydrogen) atoms. The molecule has 3 rings (SSSR count). The van der Waals surface area contributed by atoms with Crippen LogP contribution in [0.5, 0.6) is 0 Å². The molecule has 0 N–H and O–H groups in total. The van der Waals surface area contributed by atoms with E-state index in [1.165, 1.54) is 0 Å². The van der Waals surface area contributed by atoms with Gasteiger partial charge in [-0.1, -0.05) is 6.92 Å². The van der Waals surface area contributed by atoms with Crippen LogP contribution in [0.15, 0.2) is 0 Å². The summed E-state index contributed by atoms with van der Waals surface area (Å²) >= 11 is 0. The third-order valence-electron chi connectivity index (χ3n) is 3.81. The van der Waals surface area contributed by atoms with Crippen molar-refractivity contribution in [2.24, 2.45) is 5.92 Å². The molecule has 3 fully saturated rings. The highest BCUT2D eigenvalue weighted by molar-refractivity contribution is 4.95. The Morgan fingerprint density at radius 1 is 0.889 bits per heavy atom. The summed E-state index contributed by atoms with van der Waals surface area (Å²) in [7, 11) is 0. The van der Waals surface area contributed by atoms with Crippen molar-refractivity contribution in [3.8, 4) is 0 Å². The summed E-state index contributed by atoms with van der Waals surface area (Å²) in [4.78, 5) is 0. The quantitative estimate of drug-likeness (QED) is 0.715. The van der Waals surface area contributed by atoms with Crippen molar-refractivity contribution in [1.82, 2.24) is 0 Å². The molecule has 3 saturated heterocycles. The second-order valence-electron chi connectivity index (χ2n) is 6.30. The van der Waals surface area contributed by atoms with Crippen molar-refractivity contribution in [2.45, 2.75) is 70.8 Å². The number of ether oxygens (including phenoxy) is 5. The van der Waals surface area contributed by atoms with Crippen LogP contribution < -0.4 is 0 Å². The van der Waals surface area contributed by atoms with E-state index in [-0.39, 0.29) is 30.5 Å². The molecule has 0 saturated carbocycles. The highest BCUT2D eigenvalue weighted by Gasteiger charge is 2.56. The first-order valence-corrected chi connectivity index (χ1v) is 6.60. The van der Waals surface area contributed by atoms with Crippen molar-refractivity contribution >= 4 is 0 Å². The van der Waals surface area contributed by atoms with Gasteiger partial charge in [0.25, 0.3) is 0 Å². The standard InChI is InChI=1S/C13H22O5/c1-7-9(8-6-14-12(2,3)16-8)15-11-10(7)17-13(4,5)18-11/h7-11H,6H2,1-5H3/t7-,8+,9+,10+,11+/m0/s1. The molecule has 5 nitrogen and oxygen atoms in total. The fraction of sp³-hybridized carbons (Fsp3) is 1.00. The Labute approximate surface area is 108 Å². The van der Waals surface area contributed by atoms with Crippen LogP contribution in [-0.4, -0.2) is 42.8 Å². The van der Waals surface area contributed by atoms with Gasteiger partial charge in [0.05, 0.1) is 12.7 Å². The lowest BCUT2D eigenvalue weighted by molar-refractivity contribution is -0.226. The van der Waals surface area contributed by atoms with E-state index in [1.807, 2.05) is 27.7 Å². The molecule has 3 heterocycles. The topological polar surface area (TPSA) is 46.2 Å². The first-order chi connectivity index (χ1) is 8.27. The summed E-state index contributed by atoms with van der Waals surface area (Å²) in [6.07, 6.45) is -0.376. The van der Waals surface area contributed by atoms with Gasteiger partial charge in [0.15, 0.2) is 17.9 Å². The maximum atomic E-state index is 5.96. The van der Waals surface area contributed by atoms with Gasteiger partial charge >= 0.3 is 0 Å². The molecule has 0 aromatic heterocycles. The van der Waals surface area contributed by atoms with Gasteiger partial charge in [-0.2, -0.15) is 0 Å². The Morgan fingerprint density at radius 3 is 2.17 bits per heavy atom. The molecule has 3 aliphatic heterocycles. The maximum absolute atomic E-state index is 5.96. The lowest BCUT2D eigenvalue weighted by atomic mass is 9.97. The zero-order chi connectivity index (χ0) is 13.1. The van der Waals surface area contributed by atoms with Gasteiger partial charge in [-0.15, -0.1) is 0 Å². The molecular formula is C13H22O5. The monoisotopic (exact) mass is 258 g/mol. The fourth-order valence-corrected chi connectivity index (χ4v) is 2.99. The van der Waals surface area contributed by atoms with E-state index >= 15 is 0 Å². The molecule has 0 aliphatic carbocycles. The average Bonchev–Trinajstić information content (AvgIpc) is 2.81. The van der Waals surface area contributed by atoms with Crippen LogP contribution in [0.1, 0.15) is 34.6 Å². The lowest BCUT2D eigenvalue weighted by Gasteiger charge is -2.27. The maximum Gasteiger partial charge on any atom is 0.187 e. The minimum absolute atomic E-state index is 0.0164. The van der Waals surface area contributed by atoms with Crippen LogP contribution in [0.3, 0.4) is 0 Å². The Hall–Kier alpha value is -0.200. The van der Waals surface area contributed by atoms with Crippen molar-refractivity contribution in [3.05, 3.63) is 0 Å². The van der Waals surface area contributed by atoms with Crippen molar-refractivity contribution in [3.63, 3.8) is 0 Å². The van der Waals surface area contributed by atoms with E-state index in [4.69, 9.17) is 23.7 Å². The van der Waals surface area contributed by atoms with Gasteiger partial charge in [0, 0.05) is 5.92 Å². The normalized spacial score (nSPS) is 49.5. The van der Waals surface area contributed by atoms with E-state index in [1.54, 1.807) is 0 Å². The molecule has 0 unspecified atom stereocenters. The molecule has 104 valence electrons. The molecule has 0 aromatic carbocycles. The second-order valence-corrected chi connectivity index (χ2v) is 6.30. The molecule has 0 spiro atoms. The Morgan fingerprint density at radius 2 is 1.61 bits per heavy atom. The van der Waals surface area contributed by atoms with Gasteiger partial charge in [0.2, 0.25) is 0 Å². The predicted molar refractivity (Wildman–Crippen MR) is 62.8 cm³/mol. The molecule has 0 aromatic rings. The van der Waals surface area contributed by atoms with Crippen LogP contribution in [0.2, 0.25) is 0 Å². The summed E-state index contributed by atoms with van der Waals surface area (Å²) in [5.74, 6) is -0.841. The number of hydrogen-bond acceptors (Lipinski definition) is 5. The Kier molecular flexibility index (Phi) is 2.78. The summed E-state index contributed by atoms with van der Waals surface area (Å²) < 4.78 is 29.0. The lowest BCUT2D eigenvalue weighted by Crippen LogP contribution is -2.37. The number of fused-ring (bicyclic) bond motifs is 1. The van der Waals surface area contributed by atoms with Crippen molar-refractivity contribution in [1.29, 1.82) is 0 Å². The molecule has 0 bridgehead atoms. The van der Waals surface area contributed by atoms with Crippen molar-refractivity contribution < 1.29 is 23.7 Å². The molecular weight excluding hydrogens is 236 g/mol. The zero-order valence-electron chi connectivity index (χ0n) is 11.6. The Balaban J connectivity index is 1.68. The van der Waals surface area contributed by atoms with Crippen LogP contribution in [0.25, 0.3) is 0 Å². The van der Waals surface area contributed by atoms with E-state index in [0.717, 1.165) is 0 Å².